The molecule has 0 unspecified atom stereocenters. The van der Waals surface area contributed by atoms with Gasteiger partial charge in [0.1, 0.15) is 18.8 Å². The van der Waals surface area contributed by atoms with Gasteiger partial charge in [-0.3, -0.25) is 9.59 Å². The van der Waals surface area contributed by atoms with Crippen molar-refractivity contribution in [1.82, 2.24) is 5.43 Å². The van der Waals surface area contributed by atoms with E-state index in [9.17, 15) is 9.59 Å². The Kier molecular flexibility index (Phi) is 8.88. The van der Waals surface area contributed by atoms with Gasteiger partial charge >= 0.3 is 0 Å². The SMILES string of the molecule is Cc1ccccc1NC(=O)CC(=O)NN=Cc1cc(Br)ccc1OCc1ccc(Cl)cc1Cl. The number of hydrazone groups is 1. The standard InChI is InChI=1S/C24H20BrCl2N3O3/c1-15-4-2-3-5-21(15)29-23(31)12-24(32)30-28-13-17-10-18(25)7-9-22(17)33-14-16-6-8-19(26)11-20(16)27/h2-11,13H,12,14H2,1H3,(H,29,31)(H,30,32). The molecule has 9 heteroatoms. The maximum absolute atomic E-state index is 12.1. The number of amides is 2. The van der Waals surface area contributed by atoms with E-state index in [-0.39, 0.29) is 13.0 Å². The van der Waals surface area contributed by atoms with E-state index in [2.05, 4.69) is 31.8 Å². The smallest absolute Gasteiger partial charge is 0.249 e. The van der Waals surface area contributed by atoms with E-state index >= 15 is 0 Å². The quantitative estimate of drug-likeness (QED) is 0.202. The van der Waals surface area contributed by atoms with E-state index in [1.165, 1.54) is 6.21 Å². The highest BCUT2D eigenvalue weighted by molar-refractivity contribution is 9.10. The molecule has 2 amide bonds. The van der Waals surface area contributed by atoms with Gasteiger partial charge < -0.3 is 10.1 Å². The van der Waals surface area contributed by atoms with Gasteiger partial charge in [0.2, 0.25) is 11.8 Å². The molecule has 0 heterocycles. The molecule has 0 aromatic heterocycles. The molecular weight excluding hydrogens is 529 g/mol. The second kappa shape index (κ2) is 11.8. The van der Waals surface area contributed by atoms with Crippen LogP contribution in [0.2, 0.25) is 10.0 Å². The molecule has 3 aromatic carbocycles. The Labute approximate surface area is 210 Å². The predicted molar refractivity (Wildman–Crippen MR) is 135 cm³/mol. The van der Waals surface area contributed by atoms with Crippen LogP contribution in [-0.4, -0.2) is 18.0 Å². The molecule has 3 rings (SSSR count). The zero-order valence-corrected chi connectivity index (χ0v) is 20.7. The summed E-state index contributed by atoms with van der Waals surface area (Å²) in [5.41, 5.74) is 5.33. The van der Waals surface area contributed by atoms with Crippen LogP contribution in [0.25, 0.3) is 0 Å². The van der Waals surface area contributed by atoms with Gasteiger partial charge in [-0.05, 0) is 48.9 Å². The highest BCUT2D eigenvalue weighted by Crippen LogP contribution is 2.26. The maximum atomic E-state index is 12.1. The third-order valence-electron chi connectivity index (χ3n) is 4.50. The summed E-state index contributed by atoms with van der Waals surface area (Å²) in [7, 11) is 0. The third-order valence-corrected chi connectivity index (χ3v) is 5.58. The molecule has 2 N–H and O–H groups in total. The highest BCUT2D eigenvalue weighted by Gasteiger charge is 2.11. The number of nitrogens with zero attached hydrogens (tertiary/aromatic N) is 1. The third kappa shape index (κ3) is 7.60. The molecule has 3 aromatic rings. The fourth-order valence-corrected chi connectivity index (χ4v) is 3.65. The number of para-hydroxylation sites is 1. The Balaban J connectivity index is 1.58. The van der Waals surface area contributed by atoms with Crippen molar-refractivity contribution in [1.29, 1.82) is 0 Å². The molecule has 6 nitrogen and oxygen atoms in total. The summed E-state index contributed by atoms with van der Waals surface area (Å²) in [5, 5.41) is 7.72. The van der Waals surface area contributed by atoms with Crippen molar-refractivity contribution >= 4 is 62.8 Å². The van der Waals surface area contributed by atoms with Gasteiger partial charge in [-0.15, -0.1) is 0 Å². The summed E-state index contributed by atoms with van der Waals surface area (Å²) < 4.78 is 6.69. The van der Waals surface area contributed by atoms with E-state index < -0.39 is 11.8 Å². The minimum atomic E-state index is -0.539. The number of benzene rings is 3. The molecule has 0 aliphatic rings. The van der Waals surface area contributed by atoms with E-state index in [0.717, 1.165) is 15.6 Å². The molecule has 0 saturated carbocycles. The van der Waals surface area contributed by atoms with Crippen LogP contribution in [0.4, 0.5) is 5.69 Å². The van der Waals surface area contributed by atoms with Gasteiger partial charge in [-0.1, -0.05) is 63.4 Å². The second-order valence-electron chi connectivity index (χ2n) is 7.04. The van der Waals surface area contributed by atoms with Crippen LogP contribution in [0.5, 0.6) is 5.75 Å². The molecule has 170 valence electrons. The predicted octanol–water partition coefficient (Wildman–Crippen LogP) is 6.12. The summed E-state index contributed by atoms with van der Waals surface area (Å²) in [6, 6.07) is 17.9. The maximum Gasteiger partial charge on any atom is 0.249 e. The number of carbonyl (C=O) groups excluding carboxylic acids is 2. The van der Waals surface area contributed by atoms with Crippen LogP contribution in [0.3, 0.4) is 0 Å². The van der Waals surface area contributed by atoms with Crippen LogP contribution in [-0.2, 0) is 16.2 Å². The summed E-state index contributed by atoms with van der Waals surface area (Å²) in [6.45, 7) is 2.10. The van der Waals surface area contributed by atoms with Gasteiger partial charge in [-0.25, -0.2) is 5.43 Å². The normalized spacial score (nSPS) is 10.8. The number of rotatable bonds is 8. The lowest BCUT2D eigenvalue weighted by Crippen LogP contribution is -2.24. The summed E-state index contributed by atoms with van der Waals surface area (Å²) in [4.78, 5) is 24.2. The first-order chi connectivity index (χ1) is 15.8. The first-order valence-corrected chi connectivity index (χ1v) is 11.4. The van der Waals surface area contributed by atoms with Gasteiger partial charge in [0.15, 0.2) is 0 Å². The minimum absolute atomic E-state index is 0.226. The molecule has 0 fully saturated rings. The molecule has 0 bridgehead atoms. The summed E-state index contributed by atoms with van der Waals surface area (Å²) in [5.74, 6) is -0.425. The lowest BCUT2D eigenvalue weighted by molar-refractivity contribution is -0.126. The van der Waals surface area contributed by atoms with Crippen LogP contribution < -0.4 is 15.5 Å². The molecule has 0 spiro atoms. The molecule has 0 saturated heterocycles. The topological polar surface area (TPSA) is 79.8 Å². The van der Waals surface area contributed by atoms with E-state index in [4.69, 9.17) is 27.9 Å². The Morgan fingerprint density at radius 1 is 1.06 bits per heavy atom. The average Bonchev–Trinajstić information content (AvgIpc) is 2.76. The number of aryl methyl sites for hydroxylation is 1. The number of anilines is 1. The van der Waals surface area contributed by atoms with Crippen LogP contribution in [0, 0.1) is 6.92 Å². The Hall–Kier alpha value is -2.87. The monoisotopic (exact) mass is 547 g/mol. The first kappa shape index (κ1) is 24.8. The molecular formula is C24H20BrCl2N3O3. The van der Waals surface area contributed by atoms with Crippen LogP contribution in [0.1, 0.15) is 23.1 Å². The number of carbonyl (C=O) groups is 2. The fourth-order valence-electron chi connectivity index (χ4n) is 2.81. The average molecular weight is 549 g/mol. The number of ether oxygens (including phenoxy) is 1. The van der Waals surface area contributed by atoms with Crippen molar-refractivity contribution < 1.29 is 14.3 Å². The fraction of sp³-hybridized carbons (Fsp3) is 0.125. The molecule has 0 atom stereocenters. The lowest BCUT2D eigenvalue weighted by Gasteiger charge is -2.11. The van der Waals surface area contributed by atoms with Crippen LogP contribution >= 0.6 is 39.1 Å². The van der Waals surface area contributed by atoms with Crippen molar-refractivity contribution in [3.8, 4) is 5.75 Å². The zero-order valence-electron chi connectivity index (χ0n) is 17.6. The minimum Gasteiger partial charge on any atom is -0.488 e. The first-order valence-electron chi connectivity index (χ1n) is 9.85. The molecule has 0 radical (unpaired) electrons. The Bertz CT molecular complexity index is 1200. The van der Waals surface area contributed by atoms with Gasteiger partial charge in [-0.2, -0.15) is 5.10 Å². The van der Waals surface area contributed by atoms with Crippen molar-refractivity contribution in [2.24, 2.45) is 5.10 Å². The number of halogens is 3. The molecule has 33 heavy (non-hydrogen) atoms. The van der Waals surface area contributed by atoms with Gasteiger partial charge in [0, 0.05) is 31.3 Å². The van der Waals surface area contributed by atoms with Crippen molar-refractivity contribution in [3.05, 3.63) is 91.9 Å². The Morgan fingerprint density at radius 3 is 2.61 bits per heavy atom. The summed E-state index contributed by atoms with van der Waals surface area (Å²) >= 11 is 15.5. The zero-order chi connectivity index (χ0) is 23.8. The van der Waals surface area contributed by atoms with Crippen molar-refractivity contribution in [2.75, 3.05) is 5.32 Å². The number of nitrogens with one attached hydrogen (secondary N) is 2. The second-order valence-corrected chi connectivity index (χ2v) is 8.80. The van der Waals surface area contributed by atoms with E-state index in [1.54, 1.807) is 36.4 Å². The van der Waals surface area contributed by atoms with Crippen LogP contribution in [0.15, 0.2) is 70.2 Å². The highest BCUT2D eigenvalue weighted by atomic mass is 79.9. The molecule has 0 aliphatic heterocycles. The van der Waals surface area contributed by atoms with E-state index in [1.807, 2.05) is 31.2 Å². The molecule has 0 aliphatic carbocycles. The number of hydrogen-bond acceptors (Lipinski definition) is 4. The lowest BCUT2D eigenvalue weighted by atomic mass is 10.2. The van der Waals surface area contributed by atoms with E-state index in [0.29, 0.717) is 27.0 Å². The summed E-state index contributed by atoms with van der Waals surface area (Å²) in [6.07, 6.45) is 1.09. The largest absolute Gasteiger partial charge is 0.488 e. The Morgan fingerprint density at radius 2 is 1.85 bits per heavy atom. The van der Waals surface area contributed by atoms with Crippen molar-refractivity contribution in [2.45, 2.75) is 20.0 Å². The number of hydrogen-bond donors (Lipinski definition) is 2. The van der Waals surface area contributed by atoms with Gasteiger partial charge in [0.25, 0.3) is 0 Å². The van der Waals surface area contributed by atoms with Crippen molar-refractivity contribution in [3.63, 3.8) is 0 Å². The van der Waals surface area contributed by atoms with Gasteiger partial charge in [0.05, 0.1) is 6.21 Å².